The molecule has 0 aromatic carbocycles. The number of imidazole rings is 1. The Hall–Kier alpha value is 1.02. The topological polar surface area (TPSA) is 28.7 Å². The molecule has 0 radical (unpaired) electrons. The first-order valence-corrected chi connectivity index (χ1v) is 3.14. The van der Waals surface area contributed by atoms with Crippen molar-refractivity contribution in [2.24, 2.45) is 0 Å². The fourth-order valence-electron chi connectivity index (χ4n) is 0.885. The number of nitrogens with one attached hydrogen (secondary N) is 1. The Kier molecular flexibility index (Phi) is 5.29. The van der Waals surface area contributed by atoms with Crippen LogP contribution in [0.25, 0.3) is 0 Å². The first-order chi connectivity index (χ1) is 4.22. The minimum absolute atomic E-state index is 0. The molecule has 1 N–H and O–H groups in total. The molecule has 10 heavy (non-hydrogen) atoms. The van der Waals surface area contributed by atoms with Crippen LogP contribution >= 0.6 is 0 Å². The first-order valence-electron chi connectivity index (χ1n) is 3.14. The van der Waals surface area contributed by atoms with Gasteiger partial charge in [-0.2, -0.15) is 0 Å². The van der Waals surface area contributed by atoms with Crippen molar-refractivity contribution < 1.29 is 58.2 Å². The summed E-state index contributed by atoms with van der Waals surface area (Å²) in [7, 11) is 0. The molecule has 0 saturated carbocycles. The second kappa shape index (κ2) is 4.81. The van der Waals surface area contributed by atoms with Gasteiger partial charge in [0.1, 0.15) is 0 Å². The maximum Gasteiger partial charge on any atom is 1.00 e. The normalized spacial score (nSPS) is 9.60. The summed E-state index contributed by atoms with van der Waals surface area (Å²) in [6, 6.07) is 0. The third kappa shape index (κ3) is 2.57. The summed E-state index contributed by atoms with van der Waals surface area (Å²) in [5.41, 5.74) is 2.25. The molecule has 0 aliphatic rings. The van der Waals surface area contributed by atoms with E-state index in [2.05, 4.69) is 30.1 Å². The molecular formula is C7H11N2Rb. The molecular weight excluding hydrogens is 198 g/mol. The Labute approximate surface area is 111 Å². The fraction of sp³-hybridized carbons (Fsp3) is 0.571. The average molecular weight is 209 g/mol. The summed E-state index contributed by atoms with van der Waals surface area (Å²) < 4.78 is 0. The number of hydrogen-bond acceptors (Lipinski definition) is 1. The van der Waals surface area contributed by atoms with Gasteiger partial charge in [0.05, 0.1) is 0 Å². The second-order valence-electron chi connectivity index (χ2n) is 2.50. The minimum Gasteiger partial charge on any atom is -0.464 e. The molecule has 0 aliphatic heterocycles. The van der Waals surface area contributed by atoms with Crippen LogP contribution in [0.1, 0.15) is 31.2 Å². The summed E-state index contributed by atoms with van der Waals surface area (Å²) >= 11 is 0. The van der Waals surface area contributed by atoms with Gasteiger partial charge in [0, 0.05) is 0 Å². The maximum absolute atomic E-state index is 3.96. The van der Waals surface area contributed by atoms with Crippen molar-refractivity contribution in [3.05, 3.63) is 17.7 Å². The van der Waals surface area contributed by atoms with Crippen LogP contribution in [0.4, 0.5) is 0 Å². The molecule has 50 valence electrons. The Morgan fingerprint density at radius 1 is 1.50 bits per heavy atom. The predicted octanol–water partition coefficient (Wildman–Crippen LogP) is -1.35. The summed E-state index contributed by atoms with van der Waals surface area (Å²) in [5.74, 6) is 0.531. The molecule has 0 aliphatic carbocycles. The number of H-pyrrole nitrogens is 1. The molecule has 2 nitrogen and oxygen atoms in total. The number of rotatable bonds is 1. The molecule has 1 aromatic heterocycles. The Bertz CT molecular complexity index is 193. The van der Waals surface area contributed by atoms with Gasteiger partial charge in [0.15, 0.2) is 0 Å². The molecule has 0 fully saturated rings. The number of aromatic nitrogens is 2. The van der Waals surface area contributed by atoms with E-state index in [0.29, 0.717) is 5.92 Å². The van der Waals surface area contributed by atoms with Crippen molar-refractivity contribution in [1.82, 2.24) is 9.97 Å². The van der Waals surface area contributed by atoms with Crippen LogP contribution in [0.5, 0.6) is 0 Å². The van der Waals surface area contributed by atoms with Crippen molar-refractivity contribution >= 4 is 0 Å². The fourth-order valence-corrected chi connectivity index (χ4v) is 0.885. The summed E-state index contributed by atoms with van der Waals surface area (Å²) in [4.78, 5) is 6.93. The summed E-state index contributed by atoms with van der Waals surface area (Å²) in [5, 5.41) is 0. The summed E-state index contributed by atoms with van der Waals surface area (Å²) in [6.07, 6.45) is 2.70. The van der Waals surface area contributed by atoms with E-state index >= 15 is 0 Å². The molecule has 3 heteroatoms. The molecule has 0 unspecified atom stereocenters. The van der Waals surface area contributed by atoms with Gasteiger partial charge in [0.2, 0.25) is 0 Å². The molecule has 0 atom stereocenters. The molecule has 0 saturated heterocycles. The van der Waals surface area contributed by atoms with Gasteiger partial charge >= 0.3 is 58.2 Å². The number of nitrogens with zero attached hydrogens (tertiary/aromatic N) is 1. The maximum atomic E-state index is 3.96. The number of hydrogen-bond donors (Lipinski definition) is 1. The van der Waals surface area contributed by atoms with Gasteiger partial charge in [0.25, 0.3) is 0 Å². The predicted molar refractivity (Wildman–Crippen MR) is 36.2 cm³/mol. The van der Waals surface area contributed by atoms with Gasteiger partial charge in [-0.1, -0.05) is 32.4 Å². The van der Waals surface area contributed by atoms with Crippen molar-refractivity contribution in [2.45, 2.75) is 26.7 Å². The van der Waals surface area contributed by atoms with Crippen molar-refractivity contribution in [3.63, 3.8) is 0 Å². The number of aryl methyl sites for hydroxylation is 1. The van der Waals surface area contributed by atoms with Crippen molar-refractivity contribution in [3.8, 4) is 0 Å². The monoisotopic (exact) mass is 208 g/mol. The standard InChI is InChI=1S/C7H11N2.Rb/c1-5(2)7-6(3)8-4-9-7;/h5H,1-3H3,(H,8,9);/q-1;+1. The van der Waals surface area contributed by atoms with Gasteiger partial charge in [-0.05, 0) is 6.33 Å². The van der Waals surface area contributed by atoms with Crippen LogP contribution in [-0.2, 0) is 0 Å². The SMILES string of the molecule is Cc1n[c-][nH]c1C(C)C.[Rb+]. The van der Waals surface area contributed by atoms with E-state index in [9.17, 15) is 0 Å². The van der Waals surface area contributed by atoms with E-state index < -0.39 is 0 Å². The Balaban J connectivity index is 0.000000810. The van der Waals surface area contributed by atoms with E-state index in [0.717, 1.165) is 5.69 Å². The van der Waals surface area contributed by atoms with Gasteiger partial charge in [-0.15, -0.1) is 5.69 Å². The molecule has 0 amide bonds. The van der Waals surface area contributed by atoms with E-state index in [1.54, 1.807) is 0 Å². The van der Waals surface area contributed by atoms with Crippen LogP contribution in [-0.4, -0.2) is 9.97 Å². The van der Waals surface area contributed by atoms with Crippen molar-refractivity contribution in [1.29, 1.82) is 0 Å². The zero-order valence-electron chi connectivity index (χ0n) is 7.02. The zero-order valence-corrected chi connectivity index (χ0v) is 11.9. The zero-order chi connectivity index (χ0) is 6.85. The van der Waals surface area contributed by atoms with E-state index in [1.165, 1.54) is 5.69 Å². The third-order valence-corrected chi connectivity index (χ3v) is 1.38. The van der Waals surface area contributed by atoms with Crippen LogP contribution in [0.3, 0.4) is 0 Å². The molecule has 1 heterocycles. The van der Waals surface area contributed by atoms with Crippen LogP contribution < -0.4 is 58.2 Å². The van der Waals surface area contributed by atoms with Crippen LogP contribution in [0.2, 0.25) is 0 Å². The Morgan fingerprint density at radius 3 is 2.30 bits per heavy atom. The van der Waals surface area contributed by atoms with Crippen LogP contribution in [0.15, 0.2) is 0 Å². The molecule has 0 bridgehead atoms. The largest absolute Gasteiger partial charge is 1.00 e. The molecule has 1 aromatic rings. The number of aromatic amines is 1. The van der Waals surface area contributed by atoms with Gasteiger partial charge in [-0.25, -0.2) is 0 Å². The smallest absolute Gasteiger partial charge is 0.464 e. The second-order valence-corrected chi connectivity index (χ2v) is 2.50. The Morgan fingerprint density at radius 2 is 2.10 bits per heavy atom. The minimum atomic E-state index is 0. The summed E-state index contributed by atoms with van der Waals surface area (Å²) in [6.45, 7) is 6.26. The third-order valence-electron chi connectivity index (χ3n) is 1.38. The van der Waals surface area contributed by atoms with Crippen molar-refractivity contribution in [2.75, 3.05) is 0 Å². The van der Waals surface area contributed by atoms with E-state index in [4.69, 9.17) is 0 Å². The van der Waals surface area contributed by atoms with Crippen LogP contribution in [0, 0.1) is 13.3 Å². The van der Waals surface area contributed by atoms with E-state index in [-0.39, 0.29) is 58.2 Å². The molecule has 1 rings (SSSR count). The quantitative estimate of drug-likeness (QED) is 0.568. The average Bonchev–Trinajstić information content (AvgIpc) is 2.13. The van der Waals surface area contributed by atoms with E-state index in [1.807, 2.05) is 6.92 Å². The van der Waals surface area contributed by atoms with Gasteiger partial charge in [-0.3, -0.25) is 0 Å². The van der Waals surface area contributed by atoms with Gasteiger partial charge < -0.3 is 9.97 Å². The molecule has 0 spiro atoms. The first kappa shape index (κ1) is 11.0.